The highest BCUT2D eigenvalue weighted by Crippen LogP contribution is 2.35. The van der Waals surface area contributed by atoms with E-state index in [1.807, 2.05) is 0 Å². The molecule has 0 unspecified atom stereocenters. The van der Waals surface area contributed by atoms with E-state index in [4.69, 9.17) is 0 Å². The molecule has 0 atom stereocenters. The first-order valence-corrected chi connectivity index (χ1v) is 6.90. The Bertz CT molecular complexity index is 857. The summed E-state index contributed by atoms with van der Waals surface area (Å²) in [6, 6.07) is 10.0. The molecule has 0 saturated carbocycles. The van der Waals surface area contributed by atoms with Gasteiger partial charge in [-0.3, -0.25) is 0 Å². The maximum absolute atomic E-state index is 13.2. The highest BCUT2D eigenvalue weighted by molar-refractivity contribution is 5.65. The molecular formula is C16H11F4N3O. The van der Waals surface area contributed by atoms with E-state index in [9.17, 15) is 22.7 Å². The first-order chi connectivity index (χ1) is 11.4. The first kappa shape index (κ1) is 16.1. The summed E-state index contributed by atoms with van der Waals surface area (Å²) in [4.78, 5) is 0. The molecule has 0 bridgehead atoms. The molecule has 0 spiro atoms. The van der Waals surface area contributed by atoms with Gasteiger partial charge in [-0.1, -0.05) is 17.3 Å². The minimum Gasteiger partial charge on any atom is -0.390 e. The van der Waals surface area contributed by atoms with Crippen LogP contribution in [0.3, 0.4) is 0 Å². The molecule has 3 rings (SSSR count). The van der Waals surface area contributed by atoms with Crippen molar-refractivity contribution >= 4 is 0 Å². The largest absolute Gasteiger partial charge is 0.418 e. The Morgan fingerprint density at radius 1 is 1.00 bits per heavy atom. The lowest BCUT2D eigenvalue weighted by Gasteiger charge is -2.14. The van der Waals surface area contributed by atoms with Crippen LogP contribution in [0, 0.1) is 5.82 Å². The zero-order valence-corrected chi connectivity index (χ0v) is 12.1. The highest BCUT2D eigenvalue weighted by atomic mass is 19.4. The summed E-state index contributed by atoms with van der Waals surface area (Å²) in [7, 11) is 0. The second-order valence-electron chi connectivity index (χ2n) is 4.98. The van der Waals surface area contributed by atoms with Crippen LogP contribution in [0.25, 0.3) is 16.9 Å². The summed E-state index contributed by atoms with van der Waals surface area (Å²) in [5.74, 6) is -0.487. The fraction of sp³-hybridized carbons (Fsp3) is 0.125. The topological polar surface area (TPSA) is 50.9 Å². The molecule has 24 heavy (non-hydrogen) atoms. The van der Waals surface area contributed by atoms with Crippen LogP contribution in [-0.2, 0) is 12.8 Å². The lowest BCUT2D eigenvalue weighted by molar-refractivity contribution is -0.137. The maximum Gasteiger partial charge on any atom is 0.418 e. The van der Waals surface area contributed by atoms with Gasteiger partial charge in [-0.2, -0.15) is 13.2 Å². The van der Waals surface area contributed by atoms with Crippen molar-refractivity contribution < 1.29 is 22.7 Å². The van der Waals surface area contributed by atoms with Crippen LogP contribution in [-0.4, -0.2) is 20.1 Å². The fourth-order valence-electron chi connectivity index (χ4n) is 2.38. The SMILES string of the molecule is OCc1nnn(-c2ccccc2C(F)(F)F)c1-c1ccc(F)cc1. The number of hydrogen-bond acceptors (Lipinski definition) is 3. The van der Waals surface area contributed by atoms with Gasteiger partial charge in [-0.05, 0) is 36.4 Å². The molecule has 0 aliphatic heterocycles. The van der Waals surface area contributed by atoms with Crippen LogP contribution in [0.2, 0.25) is 0 Å². The fourth-order valence-corrected chi connectivity index (χ4v) is 2.38. The molecule has 124 valence electrons. The van der Waals surface area contributed by atoms with Gasteiger partial charge >= 0.3 is 6.18 Å². The minimum absolute atomic E-state index is 0.0959. The normalized spacial score (nSPS) is 11.7. The number of para-hydroxylation sites is 1. The third kappa shape index (κ3) is 2.88. The summed E-state index contributed by atoms with van der Waals surface area (Å²) in [5.41, 5.74) is -0.450. The number of aliphatic hydroxyl groups is 1. The maximum atomic E-state index is 13.2. The van der Waals surface area contributed by atoms with Gasteiger partial charge in [-0.25, -0.2) is 9.07 Å². The average molecular weight is 337 g/mol. The summed E-state index contributed by atoms with van der Waals surface area (Å²) in [5, 5.41) is 16.9. The summed E-state index contributed by atoms with van der Waals surface area (Å²) in [6.45, 7) is -0.513. The van der Waals surface area contributed by atoms with Crippen molar-refractivity contribution in [3.63, 3.8) is 0 Å². The number of nitrogens with zero attached hydrogens (tertiary/aromatic N) is 3. The van der Waals surface area contributed by atoms with Crippen LogP contribution in [0.4, 0.5) is 17.6 Å². The van der Waals surface area contributed by atoms with Crippen molar-refractivity contribution in [2.45, 2.75) is 12.8 Å². The summed E-state index contributed by atoms with van der Waals surface area (Å²) >= 11 is 0. The number of halogens is 4. The molecule has 0 fully saturated rings. The average Bonchev–Trinajstić information content (AvgIpc) is 2.98. The van der Waals surface area contributed by atoms with E-state index in [0.717, 1.165) is 10.7 Å². The Morgan fingerprint density at radius 2 is 1.67 bits per heavy atom. The van der Waals surface area contributed by atoms with E-state index in [1.54, 1.807) is 0 Å². The quantitative estimate of drug-likeness (QED) is 0.743. The lowest BCUT2D eigenvalue weighted by Crippen LogP contribution is -2.12. The Hall–Kier alpha value is -2.74. The van der Waals surface area contributed by atoms with E-state index >= 15 is 0 Å². The number of aliphatic hydroxyl groups excluding tert-OH is 1. The number of benzene rings is 2. The summed E-state index contributed by atoms with van der Waals surface area (Å²) in [6.07, 6.45) is -4.58. The molecule has 8 heteroatoms. The third-order valence-electron chi connectivity index (χ3n) is 3.45. The predicted molar refractivity (Wildman–Crippen MR) is 77.7 cm³/mol. The van der Waals surface area contributed by atoms with Gasteiger partial charge in [0.2, 0.25) is 0 Å². The number of alkyl halides is 3. The van der Waals surface area contributed by atoms with Crippen LogP contribution >= 0.6 is 0 Å². The van der Waals surface area contributed by atoms with Gasteiger partial charge in [0.25, 0.3) is 0 Å². The Kier molecular flexibility index (Phi) is 4.06. The van der Waals surface area contributed by atoms with Gasteiger partial charge in [0, 0.05) is 5.56 Å². The monoisotopic (exact) mass is 337 g/mol. The van der Waals surface area contributed by atoms with Crippen LogP contribution in [0.1, 0.15) is 11.3 Å². The van der Waals surface area contributed by atoms with Crippen molar-refractivity contribution in [2.24, 2.45) is 0 Å². The Labute approximate surface area is 134 Å². The van der Waals surface area contributed by atoms with E-state index < -0.39 is 24.2 Å². The standard InChI is InChI=1S/C16H11F4N3O/c17-11-7-5-10(6-8-11)15-13(9-24)21-22-23(15)14-4-2-1-3-12(14)16(18,19)20/h1-8,24H,9H2. The lowest BCUT2D eigenvalue weighted by atomic mass is 10.1. The molecule has 3 aromatic rings. The van der Waals surface area contributed by atoms with Gasteiger partial charge in [0.1, 0.15) is 17.2 Å². The molecule has 1 aromatic heterocycles. The van der Waals surface area contributed by atoms with Gasteiger partial charge in [0.05, 0.1) is 17.9 Å². The molecule has 1 N–H and O–H groups in total. The van der Waals surface area contributed by atoms with Crippen LogP contribution in [0.5, 0.6) is 0 Å². The number of rotatable bonds is 3. The molecule has 4 nitrogen and oxygen atoms in total. The van der Waals surface area contributed by atoms with Crippen molar-refractivity contribution in [1.29, 1.82) is 0 Å². The molecule has 0 amide bonds. The van der Waals surface area contributed by atoms with Crippen molar-refractivity contribution in [3.8, 4) is 16.9 Å². The molecular weight excluding hydrogens is 326 g/mol. The zero-order chi connectivity index (χ0) is 17.3. The van der Waals surface area contributed by atoms with E-state index in [2.05, 4.69) is 10.3 Å². The third-order valence-corrected chi connectivity index (χ3v) is 3.45. The smallest absolute Gasteiger partial charge is 0.390 e. The Morgan fingerprint density at radius 3 is 2.29 bits per heavy atom. The second kappa shape index (κ2) is 6.04. The van der Waals surface area contributed by atoms with Gasteiger partial charge in [0.15, 0.2) is 0 Å². The van der Waals surface area contributed by atoms with Gasteiger partial charge in [-0.15, -0.1) is 5.10 Å². The van der Waals surface area contributed by atoms with E-state index in [1.165, 1.54) is 42.5 Å². The molecule has 0 aliphatic rings. The second-order valence-corrected chi connectivity index (χ2v) is 4.98. The number of aromatic nitrogens is 3. The summed E-state index contributed by atoms with van der Waals surface area (Å²) < 4.78 is 53.9. The first-order valence-electron chi connectivity index (χ1n) is 6.90. The molecule has 2 aromatic carbocycles. The predicted octanol–water partition coefficient (Wildman–Crippen LogP) is 3.58. The molecule has 0 radical (unpaired) electrons. The minimum atomic E-state index is -4.58. The van der Waals surface area contributed by atoms with Crippen molar-refractivity contribution in [3.05, 3.63) is 65.6 Å². The molecule has 0 saturated heterocycles. The van der Waals surface area contributed by atoms with Gasteiger partial charge < -0.3 is 5.11 Å². The van der Waals surface area contributed by atoms with Crippen molar-refractivity contribution in [1.82, 2.24) is 15.0 Å². The van der Waals surface area contributed by atoms with E-state index in [-0.39, 0.29) is 17.1 Å². The molecule has 0 aliphatic carbocycles. The number of hydrogen-bond donors (Lipinski definition) is 1. The van der Waals surface area contributed by atoms with E-state index in [0.29, 0.717) is 5.56 Å². The zero-order valence-electron chi connectivity index (χ0n) is 12.1. The Balaban J connectivity index is 2.25. The van der Waals surface area contributed by atoms with Crippen LogP contribution < -0.4 is 0 Å². The van der Waals surface area contributed by atoms with Crippen molar-refractivity contribution in [2.75, 3.05) is 0 Å². The highest BCUT2D eigenvalue weighted by Gasteiger charge is 2.34. The van der Waals surface area contributed by atoms with Crippen LogP contribution in [0.15, 0.2) is 48.5 Å². The molecule has 1 heterocycles.